The summed E-state index contributed by atoms with van der Waals surface area (Å²) in [5.74, 6) is 0. The third-order valence-corrected chi connectivity index (χ3v) is 20.3. The van der Waals surface area contributed by atoms with E-state index in [4.69, 9.17) is 0 Å². The highest BCUT2D eigenvalue weighted by Crippen LogP contribution is 2.50. The van der Waals surface area contributed by atoms with Crippen molar-refractivity contribution in [2.75, 3.05) is 14.4 Å². The van der Waals surface area contributed by atoms with Crippen LogP contribution >= 0.6 is 0 Å². The Morgan fingerprint density at radius 3 is 0.896 bits per heavy atom. The van der Waals surface area contributed by atoms with Gasteiger partial charge in [0.2, 0.25) is 0 Å². The van der Waals surface area contributed by atoms with E-state index in [9.17, 15) is 0 Å². The summed E-state index contributed by atoms with van der Waals surface area (Å²) >= 11 is 0. The standard InChI is InChI=1S/3C29H19BN2/c1-4-12-25-21(9-1)23-11-3-6-15-28(23)32-29-17-16-20(27-14-7-8-18-31-27)19-24(29)22-10-2-5-13-26(22)30(25)32;1-4-12-26-22(9-1)24-11-3-6-14-28(24)32-29-16-15-20(21-8-7-17-31-19-21)18-25(29)23-10-2-5-13-27(23)30(26)32;1-4-10-26-22(7-1)24-9-3-6-12-28(24)32-29-14-13-21(20-15-17-31-18-16-20)19-25(29)23-8-2-5-11-27(23)30(26)32/h3*1-19H. The fourth-order valence-electron chi connectivity index (χ4n) is 16.2. The molecular weight excluding hydrogens is 1160 g/mol. The summed E-state index contributed by atoms with van der Waals surface area (Å²) in [6.45, 7) is 0.483. The van der Waals surface area contributed by atoms with Crippen molar-refractivity contribution in [1.29, 1.82) is 0 Å². The molecule has 6 aliphatic heterocycles. The highest BCUT2D eigenvalue weighted by atomic mass is 15.1. The average molecular weight is 1220 g/mol. The van der Waals surface area contributed by atoms with Gasteiger partial charge in [-0.1, -0.05) is 231 Å². The van der Waals surface area contributed by atoms with Crippen LogP contribution in [0, 0.1) is 0 Å². The Morgan fingerprint density at radius 1 is 0.198 bits per heavy atom. The highest BCUT2D eigenvalue weighted by molar-refractivity contribution is 6.94. The van der Waals surface area contributed by atoms with Crippen molar-refractivity contribution in [2.24, 2.45) is 0 Å². The number of pyridine rings is 3. The lowest BCUT2D eigenvalue weighted by atomic mass is 9.43. The van der Waals surface area contributed by atoms with Crippen LogP contribution < -0.4 is 47.2 Å². The lowest BCUT2D eigenvalue weighted by Gasteiger charge is -2.43. The third-order valence-electron chi connectivity index (χ3n) is 20.3. The number of anilines is 6. The van der Waals surface area contributed by atoms with Crippen LogP contribution in [0.2, 0.25) is 0 Å². The summed E-state index contributed by atoms with van der Waals surface area (Å²) in [5, 5.41) is 0. The summed E-state index contributed by atoms with van der Waals surface area (Å²) in [4.78, 5) is 20.7. The molecule has 15 aromatic rings. The van der Waals surface area contributed by atoms with E-state index in [1.807, 2.05) is 49.2 Å². The molecule has 0 spiro atoms. The van der Waals surface area contributed by atoms with Gasteiger partial charge in [0, 0.05) is 110 Å². The first-order valence-electron chi connectivity index (χ1n) is 33.0. The minimum absolute atomic E-state index is 0.158. The van der Waals surface area contributed by atoms with Crippen LogP contribution in [0.3, 0.4) is 0 Å². The second-order valence-corrected chi connectivity index (χ2v) is 25.3. The minimum atomic E-state index is 0.158. The zero-order valence-electron chi connectivity index (χ0n) is 52.3. The normalized spacial score (nSPS) is 12.9. The Balaban J connectivity index is 0.000000102. The summed E-state index contributed by atoms with van der Waals surface area (Å²) in [7, 11) is 0. The van der Waals surface area contributed by atoms with Crippen LogP contribution in [0.15, 0.2) is 346 Å². The molecule has 96 heavy (non-hydrogen) atoms. The zero-order valence-corrected chi connectivity index (χ0v) is 52.3. The van der Waals surface area contributed by atoms with Gasteiger partial charge >= 0.3 is 20.5 Å². The highest BCUT2D eigenvalue weighted by Gasteiger charge is 2.45. The Kier molecular flexibility index (Phi) is 13.1. The molecule has 0 radical (unpaired) electrons. The van der Waals surface area contributed by atoms with Crippen molar-refractivity contribution in [3.05, 3.63) is 346 Å². The molecule has 0 saturated carbocycles. The van der Waals surface area contributed by atoms with Gasteiger partial charge in [0.15, 0.2) is 0 Å². The van der Waals surface area contributed by atoms with Crippen molar-refractivity contribution in [1.82, 2.24) is 15.0 Å². The fourth-order valence-corrected chi connectivity index (χ4v) is 16.2. The maximum Gasteiger partial charge on any atom is 0.329 e. The summed E-state index contributed by atoms with van der Waals surface area (Å²) < 4.78 is 0. The van der Waals surface area contributed by atoms with Crippen LogP contribution in [0.25, 0.3) is 100 Å². The lowest BCUT2D eigenvalue weighted by Crippen LogP contribution is -2.59. The van der Waals surface area contributed by atoms with Gasteiger partial charge in [0.05, 0.1) is 5.69 Å². The number of aromatic nitrogens is 3. The van der Waals surface area contributed by atoms with Gasteiger partial charge in [0.25, 0.3) is 0 Å². The molecule has 0 saturated heterocycles. The van der Waals surface area contributed by atoms with Crippen molar-refractivity contribution in [2.45, 2.75) is 0 Å². The second kappa shape index (κ2) is 22.8. The number of hydrogen-bond acceptors (Lipinski definition) is 6. The Morgan fingerprint density at radius 2 is 0.521 bits per heavy atom. The summed E-state index contributed by atoms with van der Waals surface area (Å²) in [6.07, 6.45) is 9.33. The first-order chi connectivity index (χ1) is 47.7. The number of para-hydroxylation sites is 3. The molecule has 0 atom stereocenters. The lowest BCUT2D eigenvalue weighted by molar-refractivity contribution is 1.31. The number of rotatable bonds is 3. The smallest absolute Gasteiger partial charge is 0.329 e. The van der Waals surface area contributed by atoms with E-state index in [2.05, 4.69) is 327 Å². The molecule has 0 N–H and O–H groups in total. The van der Waals surface area contributed by atoms with Gasteiger partial charge in [-0.2, -0.15) is 0 Å². The first kappa shape index (κ1) is 55.3. The van der Waals surface area contributed by atoms with Crippen LogP contribution in [-0.2, 0) is 0 Å². The van der Waals surface area contributed by atoms with Crippen LogP contribution in [0.1, 0.15) is 0 Å². The molecule has 6 nitrogen and oxygen atoms in total. The van der Waals surface area contributed by atoms with E-state index in [1.54, 1.807) is 0 Å². The van der Waals surface area contributed by atoms with E-state index in [1.165, 1.54) is 150 Å². The number of hydrogen-bond donors (Lipinski definition) is 0. The van der Waals surface area contributed by atoms with Crippen molar-refractivity contribution in [3.8, 4) is 100 Å². The van der Waals surface area contributed by atoms with E-state index < -0.39 is 0 Å². The minimum Gasteiger partial charge on any atom is -0.376 e. The molecule has 9 heterocycles. The van der Waals surface area contributed by atoms with E-state index in [-0.39, 0.29) is 20.5 Å². The molecule has 0 amide bonds. The van der Waals surface area contributed by atoms with Gasteiger partial charge < -0.3 is 14.4 Å². The summed E-state index contributed by atoms with van der Waals surface area (Å²) in [5.41, 5.74) is 38.2. The maximum absolute atomic E-state index is 4.59. The molecule has 0 fully saturated rings. The first-order valence-corrected chi connectivity index (χ1v) is 33.0. The molecular formula is C87H57B3N6. The van der Waals surface area contributed by atoms with Crippen molar-refractivity contribution >= 4 is 87.4 Å². The second-order valence-electron chi connectivity index (χ2n) is 25.3. The van der Waals surface area contributed by atoms with Gasteiger partial charge in [-0.15, -0.1) is 0 Å². The maximum atomic E-state index is 4.59. The molecule has 0 bridgehead atoms. The van der Waals surface area contributed by atoms with Gasteiger partial charge in [-0.25, -0.2) is 0 Å². The predicted molar refractivity (Wildman–Crippen MR) is 402 cm³/mol. The number of fused-ring (bicyclic) bond motifs is 33. The molecule has 0 unspecified atom stereocenters. The van der Waals surface area contributed by atoms with E-state index in [0.29, 0.717) is 0 Å². The van der Waals surface area contributed by atoms with Gasteiger partial charge in [-0.05, 0) is 168 Å². The monoisotopic (exact) mass is 1220 g/mol. The molecule has 21 rings (SSSR count). The van der Waals surface area contributed by atoms with E-state index in [0.717, 1.165) is 16.8 Å². The topological polar surface area (TPSA) is 48.4 Å². The van der Waals surface area contributed by atoms with Crippen LogP contribution in [-0.4, -0.2) is 35.5 Å². The number of benzene rings is 12. The predicted octanol–water partition coefficient (Wildman–Crippen LogP) is 17.0. The van der Waals surface area contributed by atoms with Gasteiger partial charge in [0.1, 0.15) is 0 Å². The summed E-state index contributed by atoms with van der Waals surface area (Å²) in [6, 6.07) is 114. The molecule has 3 aromatic heterocycles. The number of nitrogens with zero attached hydrogens (tertiary/aromatic N) is 6. The molecule has 6 aliphatic rings. The Labute approximate surface area is 560 Å². The largest absolute Gasteiger partial charge is 0.376 e. The molecule has 0 aliphatic carbocycles. The van der Waals surface area contributed by atoms with Gasteiger partial charge in [-0.3, -0.25) is 15.0 Å². The molecule has 9 heteroatoms. The van der Waals surface area contributed by atoms with E-state index >= 15 is 0 Å². The molecule has 444 valence electrons. The quantitative estimate of drug-likeness (QED) is 0.164. The molecule has 12 aromatic carbocycles. The average Bonchev–Trinajstić information content (AvgIpc) is 0.726. The Bertz CT molecular complexity index is 5020. The van der Waals surface area contributed by atoms with Crippen molar-refractivity contribution in [3.63, 3.8) is 0 Å². The van der Waals surface area contributed by atoms with Crippen molar-refractivity contribution < 1.29 is 0 Å². The van der Waals surface area contributed by atoms with Crippen LogP contribution in [0.5, 0.6) is 0 Å². The zero-order chi connectivity index (χ0) is 63.2. The SMILES string of the molecule is c1ccc(-c2ccc3c(c2)-c2ccccc2B2c4ccccc4-c4ccccc4N23)nc1.c1ccc2c(c1)B1c3ccccc3-c3cc(-c4ccncc4)ccc3N1c1ccccc1-2.c1cncc(-c2ccc3c(c2)-c2ccccc2B2c4ccccc4-c4ccccc4N23)c1. The van der Waals surface area contributed by atoms with Crippen LogP contribution in [0.4, 0.5) is 34.1 Å². The fraction of sp³-hybridized carbons (Fsp3) is 0. The third kappa shape index (κ3) is 8.81. The Hall–Kier alpha value is -12.3.